The number of imidazole rings is 1. The van der Waals surface area contributed by atoms with Crippen LogP contribution in [0.2, 0.25) is 0 Å². The lowest BCUT2D eigenvalue weighted by atomic mass is 10.2. The third-order valence-electron chi connectivity index (χ3n) is 2.79. The first kappa shape index (κ1) is 12.1. The maximum absolute atomic E-state index is 13.6. The van der Waals surface area contributed by atoms with E-state index in [1.807, 2.05) is 0 Å². The van der Waals surface area contributed by atoms with Crippen LogP contribution in [0.15, 0.2) is 18.2 Å². The van der Waals surface area contributed by atoms with Gasteiger partial charge in [-0.05, 0) is 25.1 Å². The predicted octanol–water partition coefficient (Wildman–Crippen LogP) is 2.41. The lowest BCUT2D eigenvalue weighted by Crippen LogP contribution is -1.96. The molecule has 1 aromatic carbocycles. The molecule has 92 valence electrons. The standard InChI is InChI=1S/C13H12FN3O/c1-8-11(7-15)17(2)13(16-8)9-4-5-12(18-3)10(14)6-9/h4-6H,1-3H3. The molecular weight excluding hydrogens is 233 g/mol. The van der Waals surface area contributed by atoms with E-state index < -0.39 is 5.82 Å². The van der Waals surface area contributed by atoms with Crippen molar-refractivity contribution >= 4 is 0 Å². The van der Waals surface area contributed by atoms with Gasteiger partial charge >= 0.3 is 0 Å². The van der Waals surface area contributed by atoms with Crippen LogP contribution in [0.5, 0.6) is 5.75 Å². The summed E-state index contributed by atoms with van der Waals surface area (Å²) in [5.41, 5.74) is 1.72. The SMILES string of the molecule is COc1ccc(-c2nc(C)c(C#N)n2C)cc1F. The van der Waals surface area contributed by atoms with Gasteiger partial charge in [0.05, 0.1) is 12.8 Å². The average Bonchev–Trinajstić information content (AvgIpc) is 2.64. The third-order valence-corrected chi connectivity index (χ3v) is 2.79. The van der Waals surface area contributed by atoms with E-state index in [0.717, 1.165) is 0 Å². The molecule has 0 aliphatic heterocycles. The summed E-state index contributed by atoms with van der Waals surface area (Å²) in [7, 11) is 3.15. The molecule has 2 rings (SSSR count). The Morgan fingerprint density at radius 3 is 2.67 bits per heavy atom. The molecule has 4 nitrogen and oxygen atoms in total. The molecule has 0 amide bonds. The highest BCUT2D eigenvalue weighted by atomic mass is 19.1. The molecule has 5 heteroatoms. The highest BCUT2D eigenvalue weighted by molar-refractivity contribution is 5.59. The quantitative estimate of drug-likeness (QED) is 0.816. The van der Waals surface area contributed by atoms with E-state index in [0.29, 0.717) is 22.8 Å². The molecule has 0 unspecified atom stereocenters. The van der Waals surface area contributed by atoms with Gasteiger partial charge in [0.1, 0.15) is 17.6 Å². The number of halogens is 1. The molecule has 2 aromatic rings. The summed E-state index contributed by atoms with van der Waals surface area (Å²) < 4.78 is 20.1. The van der Waals surface area contributed by atoms with Gasteiger partial charge in [0.15, 0.2) is 11.6 Å². The largest absolute Gasteiger partial charge is 0.494 e. The number of aromatic nitrogens is 2. The van der Waals surface area contributed by atoms with Gasteiger partial charge < -0.3 is 9.30 Å². The molecule has 0 saturated heterocycles. The van der Waals surface area contributed by atoms with Crippen LogP contribution in [0.25, 0.3) is 11.4 Å². The van der Waals surface area contributed by atoms with Crippen molar-refractivity contribution in [2.75, 3.05) is 7.11 Å². The smallest absolute Gasteiger partial charge is 0.165 e. The number of aryl methyl sites for hydroxylation is 1. The number of nitriles is 1. The number of benzene rings is 1. The topological polar surface area (TPSA) is 50.8 Å². The van der Waals surface area contributed by atoms with E-state index in [2.05, 4.69) is 11.1 Å². The lowest BCUT2D eigenvalue weighted by molar-refractivity contribution is 0.386. The van der Waals surface area contributed by atoms with E-state index in [1.165, 1.54) is 13.2 Å². The zero-order chi connectivity index (χ0) is 13.3. The Morgan fingerprint density at radius 2 is 2.17 bits per heavy atom. The highest BCUT2D eigenvalue weighted by Gasteiger charge is 2.14. The fraction of sp³-hybridized carbons (Fsp3) is 0.231. The van der Waals surface area contributed by atoms with Gasteiger partial charge in [-0.25, -0.2) is 9.37 Å². The van der Waals surface area contributed by atoms with Crippen molar-refractivity contribution in [2.24, 2.45) is 7.05 Å². The van der Waals surface area contributed by atoms with Gasteiger partial charge in [0, 0.05) is 12.6 Å². The van der Waals surface area contributed by atoms with Gasteiger partial charge in [0.25, 0.3) is 0 Å². The summed E-state index contributed by atoms with van der Waals surface area (Å²) in [6.45, 7) is 1.75. The van der Waals surface area contributed by atoms with E-state index >= 15 is 0 Å². The zero-order valence-electron chi connectivity index (χ0n) is 10.4. The van der Waals surface area contributed by atoms with E-state index in [-0.39, 0.29) is 5.75 Å². The van der Waals surface area contributed by atoms with Crippen LogP contribution in [0, 0.1) is 24.1 Å². The maximum Gasteiger partial charge on any atom is 0.165 e. The van der Waals surface area contributed by atoms with Crippen molar-refractivity contribution in [3.63, 3.8) is 0 Å². The normalized spacial score (nSPS) is 10.2. The first-order valence-corrected chi connectivity index (χ1v) is 5.35. The summed E-state index contributed by atoms with van der Waals surface area (Å²) in [6.07, 6.45) is 0. The first-order chi connectivity index (χ1) is 8.58. The molecule has 0 radical (unpaired) electrons. The highest BCUT2D eigenvalue weighted by Crippen LogP contribution is 2.25. The van der Waals surface area contributed by atoms with Crippen LogP contribution >= 0.6 is 0 Å². The van der Waals surface area contributed by atoms with E-state index in [4.69, 9.17) is 10.00 Å². The van der Waals surface area contributed by atoms with Gasteiger partial charge in [-0.3, -0.25) is 0 Å². The summed E-state index contributed by atoms with van der Waals surface area (Å²) in [5.74, 6) is 0.296. The Balaban J connectivity index is 2.57. The molecule has 0 aliphatic rings. The molecule has 0 atom stereocenters. The van der Waals surface area contributed by atoms with Gasteiger partial charge in [0.2, 0.25) is 0 Å². The minimum atomic E-state index is -0.450. The third kappa shape index (κ3) is 1.82. The number of methoxy groups -OCH3 is 1. The second-order valence-electron chi connectivity index (χ2n) is 3.89. The lowest BCUT2D eigenvalue weighted by Gasteiger charge is -2.05. The second-order valence-corrected chi connectivity index (χ2v) is 3.89. The number of hydrogen-bond donors (Lipinski definition) is 0. The first-order valence-electron chi connectivity index (χ1n) is 5.35. The Kier molecular flexibility index (Phi) is 3.02. The number of ether oxygens (including phenoxy) is 1. The van der Waals surface area contributed by atoms with Crippen molar-refractivity contribution in [3.8, 4) is 23.2 Å². The molecule has 0 saturated carbocycles. The molecule has 0 aliphatic carbocycles. The van der Waals surface area contributed by atoms with E-state index in [9.17, 15) is 4.39 Å². The van der Waals surface area contributed by atoms with Crippen LogP contribution < -0.4 is 4.74 Å². The molecule has 0 N–H and O–H groups in total. The fourth-order valence-electron chi connectivity index (χ4n) is 1.85. The molecule has 1 heterocycles. The zero-order valence-corrected chi connectivity index (χ0v) is 10.4. The Labute approximate surface area is 104 Å². The molecule has 18 heavy (non-hydrogen) atoms. The van der Waals surface area contributed by atoms with Crippen molar-refractivity contribution < 1.29 is 9.13 Å². The molecular formula is C13H12FN3O. The number of rotatable bonds is 2. The van der Waals surface area contributed by atoms with E-state index in [1.54, 1.807) is 30.7 Å². The number of hydrogen-bond acceptors (Lipinski definition) is 3. The summed E-state index contributed by atoms with van der Waals surface area (Å²) >= 11 is 0. The summed E-state index contributed by atoms with van der Waals surface area (Å²) in [6, 6.07) is 6.68. The fourth-order valence-corrected chi connectivity index (χ4v) is 1.85. The number of nitrogens with zero attached hydrogens (tertiary/aromatic N) is 3. The molecule has 0 fully saturated rings. The van der Waals surface area contributed by atoms with Crippen molar-refractivity contribution in [3.05, 3.63) is 35.4 Å². The van der Waals surface area contributed by atoms with Crippen LogP contribution in [0.3, 0.4) is 0 Å². The van der Waals surface area contributed by atoms with Crippen molar-refractivity contribution in [2.45, 2.75) is 6.92 Å². The second kappa shape index (κ2) is 4.49. The van der Waals surface area contributed by atoms with Crippen LogP contribution in [0.4, 0.5) is 4.39 Å². The summed E-state index contributed by atoms with van der Waals surface area (Å²) in [5, 5.41) is 8.99. The monoisotopic (exact) mass is 245 g/mol. The van der Waals surface area contributed by atoms with Crippen LogP contribution in [0.1, 0.15) is 11.4 Å². The van der Waals surface area contributed by atoms with Gasteiger partial charge in [-0.15, -0.1) is 0 Å². The predicted molar refractivity (Wildman–Crippen MR) is 64.6 cm³/mol. The molecule has 0 bridgehead atoms. The van der Waals surface area contributed by atoms with Crippen molar-refractivity contribution in [1.82, 2.24) is 9.55 Å². The Hall–Kier alpha value is -2.35. The van der Waals surface area contributed by atoms with Gasteiger partial charge in [-0.2, -0.15) is 5.26 Å². The van der Waals surface area contributed by atoms with Gasteiger partial charge in [-0.1, -0.05) is 0 Å². The minimum absolute atomic E-state index is 0.185. The minimum Gasteiger partial charge on any atom is -0.494 e. The van der Waals surface area contributed by atoms with Crippen LogP contribution in [-0.2, 0) is 7.05 Å². The Bertz CT molecular complexity index is 640. The van der Waals surface area contributed by atoms with Crippen LogP contribution in [-0.4, -0.2) is 16.7 Å². The average molecular weight is 245 g/mol. The Morgan fingerprint density at radius 1 is 1.44 bits per heavy atom. The molecule has 0 spiro atoms. The maximum atomic E-state index is 13.6. The summed E-state index contributed by atoms with van der Waals surface area (Å²) in [4.78, 5) is 4.28. The van der Waals surface area contributed by atoms with Crippen molar-refractivity contribution in [1.29, 1.82) is 5.26 Å². The molecule has 1 aromatic heterocycles.